The third-order valence-corrected chi connectivity index (χ3v) is 5.40. The summed E-state index contributed by atoms with van der Waals surface area (Å²) in [6.07, 6.45) is 1.69. The zero-order valence-electron chi connectivity index (χ0n) is 16.2. The van der Waals surface area contributed by atoms with E-state index in [-0.39, 0.29) is 45.8 Å². The molecule has 0 saturated heterocycles. The minimum atomic E-state index is -4.48. The molecule has 1 aromatic heterocycles. The van der Waals surface area contributed by atoms with Crippen LogP contribution in [-0.4, -0.2) is 47.5 Å². The number of nitrogens with two attached hydrogens (primary N) is 1. The molecule has 8 nitrogen and oxygen atoms in total. The second kappa shape index (κ2) is 10.2. The van der Waals surface area contributed by atoms with Crippen molar-refractivity contribution in [2.75, 3.05) is 5.73 Å². The number of hydrogen-bond acceptors (Lipinski definition) is 7. The molecular weight excluding hydrogens is 439 g/mol. The first-order valence-corrected chi connectivity index (χ1v) is 10.7. The van der Waals surface area contributed by atoms with Crippen LogP contribution in [0, 0.1) is 0 Å². The molecule has 0 spiro atoms. The van der Waals surface area contributed by atoms with Crippen LogP contribution in [0.3, 0.4) is 0 Å². The van der Waals surface area contributed by atoms with E-state index in [1.165, 1.54) is 6.07 Å². The summed E-state index contributed by atoms with van der Waals surface area (Å²) in [4.78, 5) is 3.93. The zero-order chi connectivity index (χ0) is 21.8. The minimum absolute atomic E-state index is 0. The summed E-state index contributed by atoms with van der Waals surface area (Å²) in [5.74, 6) is 0.576. The molecule has 32 heavy (non-hydrogen) atoms. The molecular formula is C22H19N4NaO4S. The average molecular weight is 458 g/mol. The van der Waals surface area contributed by atoms with Crippen LogP contribution in [0.15, 0.2) is 94.1 Å². The van der Waals surface area contributed by atoms with Crippen molar-refractivity contribution in [2.45, 2.75) is 11.5 Å². The molecule has 0 amide bonds. The van der Waals surface area contributed by atoms with Gasteiger partial charge >= 0.3 is 29.6 Å². The fourth-order valence-corrected chi connectivity index (χ4v) is 3.75. The Morgan fingerprint density at radius 3 is 2.41 bits per heavy atom. The summed E-state index contributed by atoms with van der Waals surface area (Å²) < 4.78 is 39.0. The number of rotatable bonds is 6. The first kappa shape index (κ1) is 23.8. The normalized spacial score (nSPS) is 11.4. The molecule has 0 aliphatic carbocycles. The van der Waals surface area contributed by atoms with Gasteiger partial charge in [0, 0.05) is 23.0 Å². The molecule has 0 radical (unpaired) electrons. The van der Waals surface area contributed by atoms with E-state index in [1.54, 1.807) is 54.7 Å². The van der Waals surface area contributed by atoms with Gasteiger partial charge in [-0.05, 0) is 30.3 Å². The second-order valence-electron chi connectivity index (χ2n) is 6.64. The van der Waals surface area contributed by atoms with E-state index in [0.717, 1.165) is 5.69 Å². The molecule has 0 fully saturated rings. The number of aromatic nitrogens is 1. The summed E-state index contributed by atoms with van der Waals surface area (Å²) in [6, 6.07) is 20.3. The van der Waals surface area contributed by atoms with Crippen molar-refractivity contribution in [1.82, 2.24) is 4.98 Å². The number of benzene rings is 3. The Morgan fingerprint density at radius 1 is 0.938 bits per heavy atom. The number of nitrogens with zero attached hydrogens (tertiary/aromatic N) is 3. The van der Waals surface area contributed by atoms with Crippen molar-refractivity contribution >= 4 is 67.5 Å². The van der Waals surface area contributed by atoms with Gasteiger partial charge < -0.3 is 10.5 Å². The summed E-state index contributed by atoms with van der Waals surface area (Å²) >= 11 is 0. The van der Waals surface area contributed by atoms with Gasteiger partial charge in [-0.25, -0.2) is 0 Å². The number of ether oxygens (including phenoxy) is 1. The van der Waals surface area contributed by atoms with Gasteiger partial charge in [-0.15, -0.1) is 5.11 Å². The molecule has 0 bridgehead atoms. The first-order chi connectivity index (χ1) is 14.9. The van der Waals surface area contributed by atoms with E-state index in [0.29, 0.717) is 28.8 Å². The van der Waals surface area contributed by atoms with Crippen molar-refractivity contribution < 1.29 is 17.7 Å². The van der Waals surface area contributed by atoms with Crippen LogP contribution >= 0.6 is 0 Å². The average Bonchev–Trinajstić information content (AvgIpc) is 2.77. The molecule has 10 heteroatoms. The number of nitrogen functional groups attached to an aromatic ring is 1. The molecule has 0 saturated carbocycles. The maximum atomic E-state index is 11.8. The fraction of sp³-hybridized carbons (Fsp3) is 0.0455. The van der Waals surface area contributed by atoms with Crippen LogP contribution in [0.25, 0.3) is 10.8 Å². The molecule has 4 rings (SSSR count). The molecule has 158 valence electrons. The van der Waals surface area contributed by atoms with Crippen molar-refractivity contribution in [3.8, 4) is 5.75 Å². The third kappa shape index (κ3) is 5.50. The Hall–Kier alpha value is -2.82. The Bertz CT molecular complexity index is 1380. The molecule has 0 unspecified atom stereocenters. The topological polar surface area (TPSA) is 127 Å². The predicted molar refractivity (Wildman–Crippen MR) is 125 cm³/mol. The van der Waals surface area contributed by atoms with Crippen LogP contribution in [0.1, 0.15) is 5.69 Å². The van der Waals surface area contributed by atoms with E-state index in [9.17, 15) is 13.0 Å². The molecule has 3 aromatic carbocycles. The van der Waals surface area contributed by atoms with Gasteiger partial charge in [0.05, 0.1) is 17.1 Å². The predicted octanol–water partition coefficient (Wildman–Crippen LogP) is 4.41. The molecule has 0 atom stereocenters. The van der Waals surface area contributed by atoms with E-state index in [1.807, 2.05) is 18.2 Å². The standard InChI is InChI=1S/C22H18N4O4S.Na.H/c23-22-19-10-2-1-9-18(19)21(31(27,28)29)13-20(22)26-25-15-7-5-8-17(12-15)30-14-16-6-3-4-11-24-16;;/h1-13H,14,23H2,(H,27,28,29);;/b26-25+;;. The van der Waals surface area contributed by atoms with E-state index < -0.39 is 10.1 Å². The number of hydrogen-bond donors (Lipinski definition) is 2. The van der Waals surface area contributed by atoms with Crippen LogP contribution in [0.5, 0.6) is 5.75 Å². The summed E-state index contributed by atoms with van der Waals surface area (Å²) in [5.41, 5.74) is 7.84. The van der Waals surface area contributed by atoms with Crippen molar-refractivity contribution in [2.24, 2.45) is 10.2 Å². The van der Waals surface area contributed by atoms with Gasteiger partial charge in [-0.2, -0.15) is 13.5 Å². The SMILES string of the molecule is Nc1c(/N=N/c2cccc(OCc3ccccn3)c2)cc(S(=O)(=O)O)c2ccccc12.[NaH]. The summed E-state index contributed by atoms with van der Waals surface area (Å²) in [5, 5.41) is 9.04. The van der Waals surface area contributed by atoms with Crippen LogP contribution in [0.4, 0.5) is 17.1 Å². The Kier molecular flexibility index (Phi) is 7.60. The Labute approximate surface area is 207 Å². The number of fused-ring (bicyclic) bond motifs is 1. The van der Waals surface area contributed by atoms with E-state index in [4.69, 9.17) is 10.5 Å². The van der Waals surface area contributed by atoms with Gasteiger partial charge in [0.25, 0.3) is 10.1 Å². The number of pyridine rings is 1. The van der Waals surface area contributed by atoms with Gasteiger partial charge in [0.15, 0.2) is 0 Å². The maximum absolute atomic E-state index is 11.8. The van der Waals surface area contributed by atoms with Gasteiger partial charge in [0.1, 0.15) is 22.9 Å². The molecule has 0 aliphatic rings. The third-order valence-electron chi connectivity index (χ3n) is 4.51. The number of azo groups is 1. The summed E-state index contributed by atoms with van der Waals surface area (Å²) in [6.45, 7) is 0.302. The van der Waals surface area contributed by atoms with Gasteiger partial charge in [-0.3, -0.25) is 9.54 Å². The molecule has 1 heterocycles. The Balaban J connectivity index is 0.00000289. The van der Waals surface area contributed by atoms with E-state index >= 15 is 0 Å². The zero-order valence-corrected chi connectivity index (χ0v) is 17.0. The molecule has 0 aliphatic heterocycles. The van der Waals surface area contributed by atoms with Crippen LogP contribution in [0.2, 0.25) is 0 Å². The van der Waals surface area contributed by atoms with Gasteiger partial charge in [-0.1, -0.05) is 36.4 Å². The fourth-order valence-electron chi connectivity index (χ4n) is 3.03. The van der Waals surface area contributed by atoms with Crippen LogP contribution < -0.4 is 10.5 Å². The van der Waals surface area contributed by atoms with Crippen molar-refractivity contribution in [1.29, 1.82) is 0 Å². The Morgan fingerprint density at radius 2 is 1.69 bits per heavy atom. The monoisotopic (exact) mass is 458 g/mol. The van der Waals surface area contributed by atoms with Crippen LogP contribution in [-0.2, 0) is 16.7 Å². The van der Waals surface area contributed by atoms with E-state index in [2.05, 4.69) is 15.2 Å². The first-order valence-electron chi connectivity index (χ1n) is 9.25. The summed E-state index contributed by atoms with van der Waals surface area (Å²) in [7, 11) is -4.48. The molecule has 3 N–H and O–H groups in total. The molecule has 4 aromatic rings. The number of anilines is 1. The quantitative estimate of drug-likeness (QED) is 0.191. The van der Waals surface area contributed by atoms with Gasteiger partial charge in [0.2, 0.25) is 0 Å². The van der Waals surface area contributed by atoms with Crippen molar-refractivity contribution in [3.05, 3.63) is 84.7 Å². The van der Waals surface area contributed by atoms with Crippen molar-refractivity contribution in [3.63, 3.8) is 0 Å². The second-order valence-corrected chi connectivity index (χ2v) is 8.03.